The first-order valence-corrected chi connectivity index (χ1v) is 8.78. The molecule has 24 heavy (non-hydrogen) atoms. The number of carbonyl (C=O) groups excluding carboxylic acids is 2. The topological polar surface area (TPSA) is 49.9 Å². The van der Waals surface area contributed by atoms with Crippen molar-refractivity contribution >= 4 is 11.8 Å². The van der Waals surface area contributed by atoms with Crippen LogP contribution >= 0.6 is 0 Å². The molecule has 1 saturated carbocycles. The maximum absolute atomic E-state index is 12.6. The van der Waals surface area contributed by atoms with Gasteiger partial charge in [-0.25, -0.2) is 0 Å². The number of benzene rings is 1. The average Bonchev–Trinajstić information content (AvgIpc) is 3.38. The zero-order valence-electron chi connectivity index (χ0n) is 14.7. The van der Waals surface area contributed by atoms with E-state index >= 15 is 0 Å². The second kappa shape index (κ2) is 6.83. The second-order valence-corrected chi connectivity index (χ2v) is 7.02. The molecule has 2 fully saturated rings. The van der Waals surface area contributed by atoms with Crippen molar-refractivity contribution in [2.45, 2.75) is 45.8 Å². The molecule has 0 unspecified atom stereocenters. The third-order valence-corrected chi connectivity index (χ3v) is 4.67. The van der Waals surface area contributed by atoms with E-state index in [1.807, 2.05) is 47.9 Å². The van der Waals surface area contributed by atoms with Crippen molar-refractivity contribution in [1.82, 2.24) is 9.80 Å². The third kappa shape index (κ3) is 3.71. The molecule has 1 atom stereocenters. The summed E-state index contributed by atoms with van der Waals surface area (Å²) in [5, 5.41) is 0. The first kappa shape index (κ1) is 16.8. The quantitative estimate of drug-likeness (QED) is 0.853. The van der Waals surface area contributed by atoms with E-state index in [1.165, 1.54) is 0 Å². The highest BCUT2D eigenvalue weighted by molar-refractivity contribution is 5.82. The van der Waals surface area contributed by atoms with Gasteiger partial charge in [-0.15, -0.1) is 0 Å². The van der Waals surface area contributed by atoms with E-state index in [1.54, 1.807) is 6.92 Å². The van der Waals surface area contributed by atoms with Crippen LogP contribution in [0, 0.1) is 5.92 Å². The summed E-state index contributed by atoms with van der Waals surface area (Å²) in [5.41, 5.74) is 1.06. The lowest BCUT2D eigenvalue weighted by atomic mass is 10.0. The average molecular weight is 330 g/mol. The van der Waals surface area contributed by atoms with Crippen LogP contribution in [0.2, 0.25) is 0 Å². The summed E-state index contributed by atoms with van der Waals surface area (Å²) in [6.45, 7) is 7.39. The van der Waals surface area contributed by atoms with Gasteiger partial charge in [0.05, 0.1) is 12.1 Å². The molecule has 0 aromatic heterocycles. The van der Waals surface area contributed by atoms with Crippen LogP contribution in [0.25, 0.3) is 0 Å². The van der Waals surface area contributed by atoms with E-state index in [0.29, 0.717) is 19.6 Å². The summed E-state index contributed by atoms with van der Waals surface area (Å²) in [4.78, 5) is 28.2. The Morgan fingerprint density at radius 3 is 2.33 bits per heavy atom. The summed E-state index contributed by atoms with van der Waals surface area (Å²) in [6.07, 6.45) is 2.13. The van der Waals surface area contributed by atoms with Crippen molar-refractivity contribution in [2.24, 2.45) is 5.92 Å². The van der Waals surface area contributed by atoms with Gasteiger partial charge in [0.15, 0.2) is 0 Å². The predicted octanol–water partition coefficient (Wildman–Crippen LogP) is 2.62. The largest absolute Gasteiger partial charge is 0.491 e. The van der Waals surface area contributed by atoms with Crippen molar-refractivity contribution in [1.29, 1.82) is 0 Å². The minimum Gasteiger partial charge on any atom is -0.491 e. The Morgan fingerprint density at radius 1 is 1.12 bits per heavy atom. The van der Waals surface area contributed by atoms with E-state index in [9.17, 15) is 9.59 Å². The molecular formula is C19H26N2O3. The highest BCUT2D eigenvalue weighted by Gasteiger charge is 2.39. The number of hydrogen-bond acceptors (Lipinski definition) is 3. The Morgan fingerprint density at radius 2 is 1.79 bits per heavy atom. The van der Waals surface area contributed by atoms with Crippen LogP contribution in [0.4, 0.5) is 0 Å². The molecule has 0 spiro atoms. The highest BCUT2D eigenvalue weighted by Crippen LogP contribution is 2.36. The van der Waals surface area contributed by atoms with Crippen LogP contribution in [0.3, 0.4) is 0 Å². The Hall–Kier alpha value is -2.04. The Kier molecular flexibility index (Phi) is 4.78. The van der Waals surface area contributed by atoms with E-state index < -0.39 is 0 Å². The zero-order chi connectivity index (χ0) is 17.3. The molecular weight excluding hydrogens is 304 g/mol. The molecule has 0 bridgehead atoms. The third-order valence-electron chi connectivity index (χ3n) is 4.67. The lowest BCUT2D eigenvalue weighted by Crippen LogP contribution is -2.52. The van der Waals surface area contributed by atoms with Crippen molar-refractivity contribution in [3.63, 3.8) is 0 Å². The first-order chi connectivity index (χ1) is 11.5. The molecule has 2 amide bonds. The van der Waals surface area contributed by atoms with Gasteiger partial charge >= 0.3 is 0 Å². The molecule has 5 nitrogen and oxygen atoms in total. The van der Waals surface area contributed by atoms with Crippen molar-refractivity contribution in [2.75, 3.05) is 19.6 Å². The normalized spacial score (nSPS) is 21.1. The van der Waals surface area contributed by atoms with Crippen LogP contribution in [0.5, 0.6) is 5.75 Å². The van der Waals surface area contributed by atoms with Crippen LogP contribution in [-0.2, 0) is 9.59 Å². The fraction of sp³-hybridized carbons (Fsp3) is 0.579. The van der Waals surface area contributed by atoms with Crippen molar-refractivity contribution < 1.29 is 14.3 Å². The van der Waals surface area contributed by atoms with Gasteiger partial charge in [0.2, 0.25) is 11.8 Å². The van der Waals surface area contributed by atoms with Gasteiger partial charge < -0.3 is 14.5 Å². The lowest BCUT2D eigenvalue weighted by molar-refractivity contribution is -0.143. The molecule has 5 heteroatoms. The van der Waals surface area contributed by atoms with Crippen LogP contribution in [0.1, 0.15) is 45.2 Å². The fourth-order valence-electron chi connectivity index (χ4n) is 3.22. The molecule has 1 aromatic carbocycles. The Bertz CT molecular complexity index is 608. The Balaban J connectivity index is 1.81. The van der Waals surface area contributed by atoms with Gasteiger partial charge in [-0.2, -0.15) is 0 Å². The predicted molar refractivity (Wildman–Crippen MR) is 91.6 cm³/mol. The van der Waals surface area contributed by atoms with E-state index in [2.05, 4.69) is 0 Å². The van der Waals surface area contributed by atoms with E-state index in [4.69, 9.17) is 4.74 Å². The highest BCUT2D eigenvalue weighted by atomic mass is 16.5. The molecule has 0 N–H and O–H groups in total. The van der Waals surface area contributed by atoms with Crippen LogP contribution in [-0.4, -0.2) is 47.4 Å². The molecule has 1 saturated heterocycles. The zero-order valence-corrected chi connectivity index (χ0v) is 14.7. The second-order valence-electron chi connectivity index (χ2n) is 7.02. The van der Waals surface area contributed by atoms with Crippen molar-refractivity contribution in [3.8, 4) is 5.75 Å². The van der Waals surface area contributed by atoms with Gasteiger partial charge in [-0.05, 0) is 44.4 Å². The number of ether oxygens (including phenoxy) is 1. The summed E-state index contributed by atoms with van der Waals surface area (Å²) >= 11 is 0. The maximum atomic E-state index is 12.6. The van der Waals surface area contributed by atoms with Gasteiger partial charge in [-0.3, -0.25) is 9.59 Å². The first-order valence-electron chi connectivity index (χ1n) is 8.78. The maximum Gasteiger partial charge on any atom is 0.226 e. The molecule has 1 heterocycles. The van der Waals surface area contributed by atoms with Crippen LogP contribution in [0.15, 0.2) is 24.3 Å². The SMILES string of the molecule is CC(=O)N1CCN(C(=O)C2CC2)[C@H](c2ccc(OC(C)C)cc2)C1. The Labute approximate surface area is 143 Å². The molecule has 1 aromatic rings. The summed E-state index contributed by atoms with van der Waals surface area (Å²) in [5.74, 6) is 1.33. The fourth-order valence-corrected chi connectivity index (χ4v) is 3.22. The van der Waals surface area contributed by atoms with Gasteiger partial charge in [-0.1, -0.05) is 12.1 Å². The number of piperazine rings is 1. The number of rotatable bonds is 4. The number of amides is 2. The van der Waals surface area contributed by atoms with Gasteiger partial charge in [0, 0.05) is 32.5 Å². The monoisotopic (exact) mass is 330 g/mol. The standard InChI is InChI=1S/C19H26N2O3/c1-13(2)24-17-8-6-15(7-9-17)18-12-20(14(3)22)10-11-21(18)19(23)16-4-5-16/h6-9,13,16,18H,4-5,10-12H2,1-3H3/t18-/m0/s1. The summed E-state index contributed by atoms with van der Waals surface area (Å²) < 4.78 is 5.69. The smallest absolute Gasteiger partial charge is 0.226 e. The molecule has 130 valence electrons. The van der Waals surface area contributed by atoms with E-state index in [-0.39, 0.29) is 29.9 Å². The molecule has 1 aliphatic heterocycles. The number of nitrogens with zero attached hydrogens (tertiary/aromatic N) is 2. The van der Waals surface area contributed by atoms with Gasteiger partial charge in [0.1, 0.15) is 5.75 Å². The van der Waals surface area contributed by atoms with Gasteiger partial charge in [0.25, 0.3) is 0 Å². The van der Waals surface area contributed by atoms with Crippen LogP contribution < -0.4 is 4.74 Å². The number of carbonyl (C=O) groups is 2. The molecule has 0 radical (unpaired) electrons. The molecule has 2 aliphatic rings. The minimum atomic E-state index is -0.0659. The molecule has 1 aliphatic carbocycles. The summed E-state index contributed by atoms with van der Waals surface area (Å²) in [6, 6.07) is 7.85. The lowest BCUT2D eigenvalue weighted by Gasteiger charge is -2.41. The molecule has 3 rings (SSSR count). The van der Waals surface area contributed by atoms with E-state index in [0.717, 1.165) is 24.2 Å². The van der Waals surface area contributed by atoms with Crippen molar-refractivity contribution in [3.05, 3.63) is 29.8 Å². The number of hydrogen-bond donors (Lipinski definition) is 0. The minimum absolute atomic E-state index is 0.0659. The summed E-state index contributed by atoms with van der Waals surface area (Å²) in [7, 11) is 0.